The number of benzene rings is 1. The van der Waals surface area contributed by atoms with E-state index in [1.807, 2.05) is 49.5 Å². The molecule has 10 heteroatoms. The van der Waals surface area contributed by atoms with Crippen molar-refractivity contribution in [2.24, 2.45) is 0 Å². The van der Waals surface area contributed by atoms with Gasteiger partial charge < -0.3 is 9.80 Å². The minimum atomic E-state index is -0.596. The second-order valence-electron chi connectivity index (χ2n) is 8.29. The number of H-pyrrole nitrogens is 1. The monoisotopic (exact) mass is 468 g/mol. The van der Waals surface area contributed by atoms with Gasteiger partial charge in [-0.05, 0) is 30.5 Å². The SMILES string of the molecule is CN(C)c1ncc(-c2ccc(Cl)cc2)c([C@@H]2CCCN(C(=O)Cn3ccc(=O)[nH]c3=O)C2)n1. The second-order valence-corrected chi connectivity index (χ2v) is 8.72. The Labute approximate surface area is 195 Å². The Morgan fingerprint density at radius 1 is 1.21 bits per heavy atom. The Kier molecular flexibility index (Phi) is 6.60. The number of hydrogen-bond acceptors (Lipinski definition) is 6. The van der Waals surface area contributed by atoms with Crippen molar-refractivity contribution in [2.45, 2.75) is 25.3 Å². The number of amides is 1. The summed E-state index contributed by atoms with van der Waals surface area (Å²) in [6.07, 6.45) is 4.86. The van der Waals surface area contributed by atoms with E-state index in [1.165, 1.54) is 16.8 Å². The van der Waals surface area contributed by atoms with Gasteiger partial charge in [-0.3, -0.25) is 19.1 Å². The van der Waals surface area contributed by atoms with E-state index in [0.29, 0.717) is 24.1 Å². The van der Waals surface area contributed by atoms with Crippen molar-refractivity contribution in [3.8, 4) is 11.1 Å². The molecular formula is C23H25ClN6O3. The first-order valence-electron chi connectivity index (χ1n) is 10.7. The summed E-state index contributed by atoms with van der Waals surface area (Å²) in [5, 5.41) is 0.651. The predicted molar refractivity (Wildman–Crippen MR) is 127 cm³/mol. The summed E-state index contributed by atoms with van der Waals surface area (Å²) in [6.45, 7) is 0.968. The lowest BCUT2D eigenvalue weighted by atomic mass is 9.90. The Morgan fingerprint density at radius 3 is 2.67 bits per heavy atom. The molecule has 1 atom stereocenters. The summed E-state index contributed by atoms with van der Waals surface area (Å²) in [5.74, 6) is 0.442. The van der Waals surface area contributed by atoms with Crippen LogP contribution in [0.3, 0.4) is 0 Å². The lowest BCUT2D eigenvalue weighted by Crippen LogP contribution is -2.43. The van der Waals surface area contributed by atoms with Crippen LogP contribution in [0.25, 0.3) is 11.1 Å². The fourth-order valence-electron chi connectivity index (χ4n) is 4.01. The number of nitrogens with zero attached hydrogens (tertiary/aromatic N) is 5. The third-order valence-electron chi connectivity index (χ3n) is 5.72. The van der Waals surface area contributed by atoms with Crippen LogP contribution in [0.2, 0.25) is 5.02 Å². The summed E-state index contributed by atoms with van der Waals surface area (Å²) in [7, 11) is 3.78. The topological polar surface area (TPSA) is 104 Å². The van der Waals surface area contributed by atoms with E-state index < -0.39 is 11.2 Å². The number of carbonyl (C=O) groups is 1. The zero-order valence-corrected chi connectivity index (χ0v) is 19.2. The summed E-state index contributed by atoms with van der Waals surface area (Å²) in [6, 6.07) is 8.77. The van der Waals surface area contributed by atoms with Crippen molar-refractivity contribution >= 4 is 23.5 Å². The number of halogens is 1. The van der Waals surface area contributed by atoms with Gasteiger partial charge in [0.25, 0.3) is 5.56 Å². The normalized spacial score (nSPS) is 16.0. The van der Waals surface area contributed by atoms with Crippen molar-refractivity contribution < 1.29 is 4.79 Å². The standard InChI is InChI=1S/C23H25ClN6O3/c1-28(2)22-25-12-18(15-5-7-17(24)8-6-15)21(27-22)16-4-3-10-29(13-16)20(32)14-30-11-9-19(31)26-23(30)33/h5-9,11-12,16H,3-4,10,13-14H2,1-2H3,(H,26,31,33)/t16-/m1/s1. The number of hydrogen-bond donors (Lipinski definition) is 1. The molecule has 9 nitrogen and oxygen atoms in total. The number of aromatic nitrogens is 4. The molecule has 2 aromatic heterocycles. The Hall–Kier alpha value is -3.46. The summed E-state index contributed by atoms with van der Waals surface area (Å²) < 4.78 is 1.21. The summed E-state index contributed by atoms with van der Waals surface area (Å²) in [5.41, 5.74) is 1.67. The van der Waals surface area contributed by atoms with Crippen LogP contribution in [0.4, 0.5) is 5.95 Å². The highest BCUT2D eigenvalue weighted by atomic mass is 35.5. The highest BCUT2D eigenvalue weighted by molar-refractivity contribution is 6.30. The molecule has 1 aromatic carbocycles. The first-order chi connectivity index (χ1) is 15.8. The highest BCUT2D eigenvalue weighted by Gasteiger charge is 2.28. The first kappa shape index (κ1) is 22.7. The smallest absolute Gasteiger partial charge is 0.328 e. The van der Waals surface area contributed by atoms with E-state index in [4.69, 9.17) is 16.6 Å². The largest absolute Gasteiger partial charge is 0.347 e. The fourth-order valence-corrected chi connectivity index (χ4v) is 4.13. The van der Waals surface area contributed by atoms with Crippen LogP contribution in [-0.4, -0.2) is 57.5 Å². The molecule has 1 aliphatic heterocycles. The molecule has 3 heterocycles. The third-order valence-corrected chi connectivity index (χ3v) is 5.98. The van der Waals surface area contributed by atoms with E-state index in [9.17, 15) is 14.4 Å². The van der Waals surface area contributed by atoms with Crippen molar-refractivity contribution in [2.75, 3.05) is 32.1 Å². The van der Waals surface area contributed by atoms with Gasteiger partial charge in [-0.1, -0.05) is 23.7 Å². The third kappa shape index (κ3) is 5.14. The number of piperidine rings is 1. The Balaban J connectivity index is 1.62. The number of carbonyl (C=O) groups excluding carboxylic acids is 1. The molecule has 1 fully saturated rings. The van der Waals surface area contributed by atoms with Gasteiger partial charge in [-0.15, -0.1) is 0 Å². The van der Waals surface area contributed by atoms with Gasteiger partial charge in [-0.25, -0.2) is 14.8 Å². The number of rotatable bonds is 5. The summed E-state index contributed by atoms with van der Waals surface area (Å²) >= 11 is 6.07. The molecular weight excluding hydrogens is 444 g/mol. The molecule has 0 unspecified atom stereocenters. The van der Waals surface area contributed by atoms with E-state index in [0.717, 1.165) is 29.7 Å². The number of anilines is 1. The quantitative estimate of drug-likeness (QED) is 0.615. The lowest BCUT2D eigenvalue weighted by molar-refractivity contribution is -0.133. The van der Waals surface area contributed by atoms with Gasteiger partial charge in [0.15, 0.2) is 0 Å². The van der Waals surface area contributed by atoms with Crippen LogP contribution in [0.1, 0.15) is 24.5 Å². The zero-order valence-electron chi connectivity index (χ0n) is 18.5. The van der Waals surface area contributed by atoms with E-state index in [2.05, 4.69) is 9.97 Å². The maximum atomic E-state index is 13.0. The summed E-state index contributed by atoms with van der Waals surface area (Å²) in [4.78, 5) is 51.4. The van der Waals surface area contributed by atoms with E-state index >= 15 is 0 Å². The minimum absolute atomic E-state index is 0.0161. The van der Waals surface area contributed by atoms with Crippen LogP contribution < -0.4 is 16.1 Å². The van der Waals surface area contributed by atoms with Crippen molar-refractivity contribution in [3.05, 3.63) is 74.3 Å². The van der Waals surface area contributed by atoms with E-state index in [-0.39, 0.29) is 18.4 Å². The molecule has 172 valence electrons. The van der Waals surface area contributed by atoms with Crippen LogP contribution in [0.15, 0.2) is 52.3 Å². The fraction of sp³-hybridized carbons (Fsp3) is 0.348. The molecule has 4 rings (SSSR count). The van der Waals surface area contributed by atoms with Crippen molar-refractivity contribution in [3.63, 3.8) is 0 Å². The molecule has 0 saturated carbocycles. The van der Waals surface area contributed by atoms with Gasteiger partial charge in [-0.2, -0.15) is 0 Å². The van der Waals surface area contributed by atoms with Gasteiger partial charge in [0, 0.05) is 62.1 Å². The maximum absolute atomic E-state index is 13.0. The first-order valence-corrected chi connectivity index (χ1v) is 11.1. The van der Waals surface area contributed by atoms with Gasteiger partial charge >= 0.3 is 5.69 Å². The molecule has 3 aromatic rings. The molecule has 0 bridgehead atoms. The zero-order chi connectivity index (χ0) is 23.5. The van der Waals surface area contributed by atoms with Crippen LogP contribution in [-0.2, 0) is 11.3 Å². The lowest BCUT2D eigenvalue weighted by Gasteiger charge is -2.33. The Morgan fingerprint density at radius 2 is 1.97 bits per heavy atom. The predicted octanol–water partition coefficient (Wildman–Crippen LogP) is 2.12. The number of aromatic amines is 1. The molecule has 1 saturated heterocycles. The molecule has 0 radical (unpaired) electrons. The molecule has 1 N–H and O–H groups in total. The van der Waals surface area contributed by atoms with Crippen LogP contribution >= 0.6 is 11.6 Å². The van der Waals surface area contributed by atoms with E-state index in [1.54, 1.807) is 4.90 Å². The van der Waals surface area contributed by atoms with Gasteiger partial charge in [0.05, 0.1) is 5.69 Å². The molecule has 33 heavy (non-hydrogen) atoms. The average molecular weight is 469 g/mol. The maximum Gasteiger partial charge on any atom is 0.328 e. The minimum Gasteiger partial charge on any atom is -0.347 e. The van der Waals surface area contributed by atoms with Crippen molar-refractivity contribution in [1.29, 1.82) is 0 Å². The molecule has 1 aliphatic rings. The molecule has 1 amide bonds. The number of nitrogens with one attached hydrogen (secondary N) is 1. The van der Waals surface area contributed by atoms with Crippen molar-refractivity contribution in [1.82, 2.24) is 24.4 Å². The number of likely N-dealkylation sites (tertiary alicyclic amines) is 1. The molecule has 0 spiro atoms. The van der Waals surface area contributed by atoms with Crippen LogP contribution in [0.5, 0.6) is 0 Å². The average Bonchev–Trinajstić information content (AvgIpc) is 2.81. The second kappa shape index (κ2) is 9.58. The molecule has 0 aliphatic carbocycles. The Bertz CT molecular complexity index is 1270. The van der Waals surface area contributed by atoms with Gasteiger partial charge in [0.1, 0.15) is 6.54 Å². The van der Waals surface area contributed by atoms with Crippen LogP contribution in [0, 0.1) is 0 Å². The highest BCUT2D eigenvalue weighted by Crippen LogP contribution is 2.34. The van der Waals surface area contributed by atoms with Gasteiger partial charge in [0.2, 0.25) is 11.9 Å².